The van der Waals surface area contributed by atoms with E-state index in [4.69, 9.17) is 0 Å². The molecule has 0 unspecified atom stereocenters. The van der Waals surface area contributed by atoms with Gasteiger partial charge in [0.1, 0.15) is 0 Å². The van der Waals surface area contributed by atoms with Crippen LogP contribution in [0, 0.1) is 11.3 Å². The van der Waals surface area contributed by atoms with Gasteiger partial charge in [-0.1, -0.05) is 27.7 Å². The Hall–Kier alpha value is -0.610. The van der Waals surface area contributed by atoms with Crippen molar-refractivity contribution in [2.75, 3.05) is 52.9 Å². The van der Waals surface area contributed by atoms with E-state index >= 15 is 0 Å². The SMILES string of the molecule is CC.CC.CCN1CCC2(CCN(CCC3CCN(C)CC3)CC2)C1=O. The molecule has 0 bridgehead atoms. The van der Waals surface area contributed by atoms with Gasteiger partial charge in [0.25, 0.3) is 0 Å². The molecule has 1 amide bonds. The Morgan fingerprint density at radius 2 is 1.46 bits per heavy atom. The zero-order valence-electron chi connectivity index (χ0n) is 18.5. The summed E-state index contributed by atoms with van der Waals surface area (Å²) >= 11 is 0. The van der Waals surface area contributed by atoms with Crippen LogP contribution in [0.2, 0.25) is 0 Å². The van der Waals surface area contributed by atoms with Gasteiger partial charge in [-0.2, -0.15) is 0 Å². The van der Waals surface area contributed by atoms with Crippen LogP contribution in [0.25, 0.3) is 0 Å². The number of hydrogen-bond donors (Lipinski definition) is 0. The van der Waals surface area contributed by atoms with Crippen molar-refractivity contribution in [2.45, 2.75) is 73.1 Å². The Labute approximate surface area is 163 Å². The van der Waals surface area contributed by atoms with Crippen LogP contribution >= 0.6 is 0 Å². The molecule has 3 aliphatic rings. The number of nitrogens with zero attached hydrogens (tertiary/aromatic N) is 3. The van der Waals surface area contributed by atoms with E-state index in [0.717, 1.165) is 51.4 Å². The fraction of sp³-hybridized carbons (Fsp3) is 0.955. The van der Waals surface area contributed by atoms with Crippen molar-refractivity contribution >= 4 is 5.91 Å². The van der Waals surface area contributed by atoms with Gasteiger partial charge in [0.15, 0.2) is 0 Å². The smallest absolute Gasteiger partial charge is 0.228 e. The molecule has 4 heteroatoms. The minimum atomic E-state index is 0.0139. The highest BCUT2D eigenvalue weighted by Gasteiger charge is 2.47. The molecule has 0 aromatic heterocycles. The molecule has 154 valence electrons. The number of piperidine rings is 2. The fourth-order valence-corrected chi connectivity index (χ4v) is 4.58. The first-order chi connectivity index (χ1) is 12.6. The van der Waals surface area contributed by atoms with Crippen molar-refractivity contribution in [3.8, 4) is 0 Å². The Morgan fingerprint density at radius 1 is 0.923 bits per heavy atom. The largest absolute Gasteiger partial charge is 0.342 e. The first-order valence-corrected chi connectivity index (χ1v) is 11.3. The van der Waals surface area contributed by atoms with Gasteiger partial charge < -0.3 is 14.7 Å². The number of hydrogen-bond acceptors (Lipinski definition) is 3. The molecular formula is C22H45N3O. The first kappa shape index (κ1) is 23.4. The van der Waals surface area contributed by atoms with E-state index in [1.54, 1.807) is 0 Å². The lowest BCUT2D eigenvalue weighted by Gasteiger charge is -2.39. The molecule has 26 heavy (non-hydrogen) atoms. The molecule has 0 N–H and O–H groups in total. The van der Waals surface area contributed by atoms with Crippen molar-refractivity contribution < 1.29 is 4.79 Å². The fourth-order valence-electron chi connectivity index (χ4n) is 4.58. The molecule has 0 aromatic carbocycles. The molecule has 4 nitrogen and oxygen atoms in total. The monoisotopic (exact) mass is 367 g/mol. The summed E-state index contributed by atoms with van der Waals surface area (Å²) in [5, 5.41) is 0. The van der Waals surface area contributed by atoms with Crippen LogP contribution < -0.4 is 0 Å². The molecular weight excluding hydrogens is 322 g/mol. The second-order valence-electron chi connectivity index (χ2n) is 7.79. The molecule has 3 fully saturated rings. The van der Waals surface area contributed by atoms with Crippen LogP contribution in [0.1, 0.15) is 73.1 Å². The average molecular weight is 368 g/mol. The van der Waals surface area contributed by atoms with Gasteiger partial charge >= 0.3 is 0 Å². The number of carbonyl (C=O) groups excluding carboxylic acids is 1. The molecule has 3 rings (SSSR count). The third-order valence-electron chi connectivity index (χ3n) is 6.49. The summed E-state index contributed by atoms with van der Waals surface area (Å²) < 4.78 is 0. The molecule has 0 aromatic rings. The van der Waals surface area contributed by atoms with Crippen LogP contribution in [-0.4, -0.2) is 73.5 Å². The molecule has 1 spiro atoms. The molecule has 0 atom stereocenters. The summed E-state index contributed by atoms with van der Waals surface area (Å²) in [7, 11) is 2.23. The summed E-state index contributed by atoms with van der Waals surface area (Å²) in [5.41, 5.74) is 0.0139. The lowest BCUT2D eigenvalue weighted by atomic mass is 9.77. The van der Waals surface area contributed by atoms with Crippen molar-refractivity contribution in [3.63, 3.8) is 0 Å². The standard InChI is InChI=1S/C18H33N3O.2C2H6/c1-3-21-15-9-18(17(21)22)7-13-20(14-8-18)12-6-16-4-10-19(2)11-5-16;2*1-2/h16H,3-15H2,1-2H3;2*1-2H3. The molecule has 0 radical (unpaired) electrons. The molecule has 0 aliphatic carbocycles. The van der Waals surface area contributed by atoms with Crippen molar-refractivity contribution in [2.24, 2.45) is 11.3 Å². The topological polar surface area (TPSA) is 26.8 Å². The van der Waals surface area contributed by atoms with Gasteiger partial charge in [-0.15, -0.1) is 0 Å². The number of carbonyl (C=O) groups is 1. The quantitative estimate of drug-likeness (QED) is 0.748. The zero-order chi connectivity index (χ0) is 19.6. The van der Waals surface area contributed by atoms with E-state index in [1.165, 1.54) is 38.9 Å². The zero-order valence-corrected chi connectivity index (χ0v) is 18.5. The van der Waals surface area contributed by atoms with Gasteiger partial charge in [-0.3, -0.25) is 4.79 Å². The maximum Gasteiger partial charge on any atom is 0.228 e. The van der Waals surface area contributed by atoms with Crippen LogP contribution in [-0.2, 0) is 4.79 Å². The van der Waals surface area contributed by atoms with Crippen molar-refractivity contribution in [3.05, 3.63) is 0 Å². The van der Waals surface area contributed by atoms with Crippen LogP contribution in [0.4, 0.5) is 0 Å². The van der Waals surface area contributed by atoms with E-state index in [0.29, 0.717) is 5.91 Å². The normalized spacial score (nSPS) is 24.1. The molecule has 3 heterocycles. The van der Waals surface area contributed by atoms with Crippen LogP contribution in [0.3, 0.4) is 0 Å². The summed E-state index contributed by atoms with van der Waals surface area (Å²) in [6.07, 6.45) is 7.39. The summed E-state index contributed by atoms with van der Waals surface area (Å²) in [6, 6.07) is 0. The molecule has 3 saturated heterocycles. The minimum Gasteiger partial charge on any atom is -0.342 e. The third kappa shape index (κ3) is 5.95. The Morgan fingerprint density at radius 3 is 1.96 bits per heavy atom. The van der Waals surface area contributed by atoms with Gasteiger partial charge in [0.2, 0.25) is 5.91 Å². The highest BCUT2D eigenvalue weighted by Crippen LogP contribution is 2.41. The van der Waals surface area contributed by atoms with Gasteiger partial charge in [-0.05, 0) is 91.1 Å². The predicted octanol–water partition coefficient (Wildman–Crippen LogP) is 4.11. The van der Waals surface area contributed by atoms with E-state index in [9.17, 15) is 4.79 Å². The summed E-state index contributed by atoms with van der Waals surface area (Å²) in [6.45, 7) is 18.0. The third-order valence-corrected chi connectivity index (χ3v) is 6.49. The van der Waals surface area contributed by atoms with Crippen LogP contribution in [0.15, 0.2) is 0 Å². The van der Waals surface area contributed by atoms with Gasteiger partial charge in [0, 0.05) is 13.1 Å². The summed E-state index contributed by atoms with van der Waals surface area (Å²) in [4.78, 5) is 19.7. The Bertz CT molecular complexity index is 383. The Kier molecular flexibility index (Phi) is 10.8. The highest BCUT2D eigenvalue weighted by atomic mass is 16.2. The highest BCUT2D eigenvalue weighted by molar-refractivity contribution is 5.85. The van der Waals surface area contributed by atoms with Gasteiger partial charge in [-0.25, -0.2) is 0 Å². The van der Waals surface area contributed by atoms with E-state index in [-0.39, 0.29) is 5.41 Å². The number of likely N-dealkylation sites (tertiary alicyclic amines) is 3. The maximum absolute atomic E-state index is 12.6. The second-order valence-corrected chi connectivity index (χ2v) is 7.79. The predicted molar refractivity (Wildman–Crippen MR) is 113 cm³/mol. The lowest BCUT2D eigenvalue weighted by Crippen LogP contribution is -2.45. The van der Waals surface area contributed by atoms with Crippen molar-refractivity contribution in [1.82, 2.24) is 14.7 Å². The average Bonchev–Trinajstić information content (AvgIpc) is 3.01. The van der Waals surface area contributed by atoms with Crippen LogP contribution in [0.5, 0.6) is 0 Å². The van der Waals surface area contributed by atoms with Gasteiger partial charge in [0.05, 0.1) is 5.41 Å². The molecule has 0 saturated carbocycles. The lowest BCUT2D eigenvalue weighted by molar-refractivity contribution is -0.138. The second kappa shape index (κ2) is 12.0. The number of rotatable bonds is 4. The molecule has 3 aliphatic heterocycles. The minimum absolute atomic E-state index is 0.0139. The van der Waals surface area contributed by atoms with Crippen molar-refractivity contribution in [1.29, 1.82) is 0 Å². The Balaban J connectivity index is 0.000000791. The van der Waals surface area contributed by atoms with E-state index in [2.05, 4.69) is 28.7 Å². The van der Waals surface area contributed by atoms with E-state index < -0.39 is 0 Å². The number of amides is 1. The first-order valence-electron chi connectivity index (χ1n) is 11.3. The summed E-state index contributed by atoms with van der Waals surface area (Å²) in [5.74, 6) is 1.38. The van der Waals surface area contributed by atoms with E-state index in [1.807, 2.05) is 27.7 Å². The maximum atomic E-state index is 12.6.